The van der Waals surface area contributed by atoms with E-state index in [2.05, 4.69) is 0 Å². The van der Waals surface area contributed by atoms with Crippen molar-refractivity contribution < 1.29 is 14.9 Å². The maximum atomic E-state index is 8.65. The molecule has 0 unspecified atom stereocenters. The largest absolute Gasteiger partial charge is 0.508 e. The molecule has 0 atom stereocenters. The fourth-order valence-electron chi connectivity index (χ4n) is 0.997. The van der Waals surface area contributed by atoms with Crippen LogP contribution >= 0.6 is 0 Å². The molecule has 0 aliphatic carbocycles. The molecule has 0 aromatic heterocycles. The lowest BCUT2D eigenvalue weighted by Gasteiger charge is -2.09. The first-order chi connectivity index (χ1) is 6.91. The molecule has 0 saturated carbocycles. The van der Waals surface area contributed by atoms with Crippen LogP contribution in [0.3, 0.4) is 0 Å². The predicted octanol–water partition coefficient (Wildman–Crippen LogP) is 2.92. The zero-order valence-corrected chi connectivity index (χ0v) is 9.77. The highest BCUT2D eigenvalue weighted by atomic mass is 16.5. The smallest absolute Gasteiger partial charge is 0.115 e. The number of hydrogen-bond donors (Lipinski definition) is 2. The highest BCUT2D eigenvalue weighted by molar-refractivity contribution is 5.28. The summed E-state index contributed by atoms with van der Waals surface area (Å²) in [6.07, 6.45) is 0.750. The summed E-state index contributed by atoms with van der Waals surface area (Å²) < 4.78 is 5.25. The second kappa shape index (κ2) is 7.12. The van der Waals surface area contributed by atoms with Crippen LogP contribution in [-0.2, 0) is 4.74 Å². The summed E-state index contributed by atoms with van der Waals surface area (Å²) in [5.74, 6) is 0.339. The Kier molecular flexibility index (Phi) is 6.54. The lowest BCUT2D eigenvalue weighted by molar-refractivity contribution is 0.0300. The number of rotatable bonds is 2. The third-order valence-electron chi connectivity index (χ3n) is 1.39. The van der Waals surface area contributed by atoms with Crippen molar-refractivity contribution in [3.8, 4) is 11.5 Å². The van der Waals surface area contributed by atoms with Crippen LogP contribution in [0, 0.1) is 0 Å². The van der Waals surface area contributed by atoms with Gasteiger partial charge >= 0.3 is 0 Å². The molecule has 0 aliphatic rings. The third kappa shape index (κ3) is 9.09. The predicted molar refractivity (Wildman–Crippen MR) is 61.1 cm³/mol. The molecule has 0 spiro atoms. The second-order valence-electron chi connectivity index (χ2n) is 3.75. The summed E-state index contributed by atoms with van der Waals surface area (Å²) >= 11 is 0. The average Bonchev–Trinajstić information content (AvgIpc) is 2.09. The zero-order valence-electron chi connectivity index (χ0n) is 9.77. The second-order valence-corrected chi connectivity index (χ2v) is 3.75. The highest BCUT2D eigenvalue weighted by Gasteiger charge is 1.94. The van der Waals surface area contributed by atoms with Crippen molar-refractivity contribution in [2.24, 2.45) is 0 Å². The van der Waals surface area contributed by atoms with E-state index in [4.69, 9.17) is 14.9 Å². The Morgan fingerprint density at radius 3 is 1.20 bits per heavy atom. The summed E-state index contributed by atoms with van der Waals surface area (Å²) in [4.78, 5) is 0. The number of phenolic OH excluding ortho intramolecular Hbond substituents is 2. The van der Waals surface area contributed by atoms with Crippen LogP contribution in [0.4, 0.5) is 0 Å². The molecule has 1 aromatic rings. The first-order valence-corrected chi connectivity index (χ1v) is 5.05. The van der Waals surface area contributed by atoms with Gasteiger partial charge in [-0.05, 0) is 52.0 Å². The fraction of sp³-hybridized carbons (Fsp3) is 0.500. The maximum absolute atomic E-state index is 8.65. The van der Waals surface area contributed by atoms with Crippen LogP contribution in [0.25, 0.3) is 0 Å². The Morgan fingerprint density at radius 1 is 0.800 bits per heavy atom. The molecule has 1 aromatic carbocycles. The van der Waals surface area contributed by atoms with Gasteiger partial charge in [0.25, 0.3) is 0 Å². The molecule has 1 rings (SSSR count). The lowest BCUT2D eigenvalue weighted by atomic mass is 10.3. The maximum Gasteiger partial charge on any atom is 0.115 e. The molecule has 0 saturated heterocycles. The van der Waals surface area contributed by atoms with Crippen LogP contribution in [-0.4, -0.2) is 22.4 Å². The normalized spacial score (nSPS) is 10.0. The van der Waals surface area contributed by atoms with Crippen molar-refractivity contribution in [2.75, 3.05) is 0 Å². The molecule has 86 valence electrons. The Labute approximate surface area is 91.3 Å². The number of benzene rings is 1. The van der Waals surface area contributed by atoms with E-state index in [0.29, 0.717) is 12.2 Å². The fourth-order valence-corrected chi connectivity index (χ4v) is 0.997. The van der Waals surface area contributed by atoms with Crippen LogP contribution < -0.4 is 0 Å². The van der Waals surface area contributed by atoms with E-state index < -0.39 is 0 Å². The van der Waals surface area contributed by atoms with E-state index in [-0.39, 0.29) is 11.5 Å². The monoisotopic (exact) mass is 212 g/mol. The van der Waals surface area contributed by atoms with Gasteiger partial charge in [0.15, 0.2) is 0 Å². The lowest BCUT2D eigenvalue weighted by Crippen LogP contribution is -2.09. The van der Waals surface area contributed by atoms with Crippen molar-refractivity contribution in [1.82, 2.24) is 0 Å². The van der Waals surface area contributed by atoms with E-state index in [0.717, 1.165) is 0 Å². The minimum absolute atomic E-state index is 0.169. The van der Waals surface area contributed by atoms with Gasteiger partial charge in [-0.2, -0.15) is 0 Å². The Balaban J connectivity index is 0.000000265. The molecule has 3 nitrogen and oxygen atoms in total. The summed E-state index contributed by atoms with van der Waals surface area (Å²) in [6, 6.07) is 5.70. The van der Waals surface area contributed by atoms with E-state index in [1.165, 1.54) is 24.3 Å². The SMILES string of the molecule is CC(C)OC(C)C.Oc1ccc(O)cc1. The van der Waals surface area contributed by atoms with E-state index in [1.807, 2.05) is 27.7 Å². The van der Waals surface area contributed by atoms with Gasteiger partial charge in [-0.3, -0.25) is 0 Å². The van der Waals surface area contributed by atoms with Crippen LogP contribution in [0.1, 0.15) is 27.7 Å². The zero-order chi connectivity index (χ0) is 11.8. The summed E-state index contributed by atoms with van der Waals surface area (Å²) in [6.45, 7) is 8.17. The standard InChI is InChI=1S/C6H6O2.C6H14O/c7-5-1-2-6(8)4-3-5;1-5(2)7-6(3)4/h1-4,7-8H;5-6H,1-4H3. The molecule has 0 heterocycles. The number of aromatic hydroxyl groups is 2. The molecule has 0 bridgehead atoms. The van der Waals surface area contributed by atoms with Gasteiger partial charge in [-0.15, -0.1) is 0 Å². The molecule has 2 N–H and O–H groups in total. The summed E-state index contributed by atoms with van der Waals surface area (Å²) in [7, 11) is 0. The molecule has 0 aliphatic heterocycles. The van der Waals surface area contributed by atoms with Gasteiger partial charge < -0.3 is 14.9 Å². The van der Waals surface area contributed by atoms with E-state index >= 15 is 0 Å². The van der Waals surface area contributed by atoms with Gasteiger partial charge in [0.2, 0.25) is 0 Å². The topological polar surface area (TPSA) is 49.7 Å². The third-order valence-corrected chi connectivity index (χ3v) is 1.39. The van der Waals surface area contributed by atoms with Crippen molar-refractivity contribution in [3.05, 3.63) is 24.3 Å². The molecule has 0 fully saturated rings. The summed E-state index contributed by atoms with van der Waals surface area (Å²) in [5.41, 5.74) is 0. The van der Waals surface area contributed by atoms with Crippen LogP contribution in [0.5, 0.6) is 11.5 Å². The molecule has 0 radical (unpaired) electrons. The molecular formula is C12H20O3. The first-order valence-electron chi connectivity index (χ1n) is 5.05. The van der Waals surface area contributed by atoms with Crippen molar-refractivity contribution in [3.63, 3.8) is 0 Å². The van der Waals surface area contributed by atoms with Crippen molar-refractivity contribution in [2.45, 2.75) is 39.9 Å². The van der Waals surface area contributed by atoms with Gasteiger partial charge in [0.1, 0.15) is 11.5 Å². The molecule has 3 heteroatoms. The number of phenols is 2. The molecule has 15 heavy (non-hydrogen) atoms. The highest BCUT2D eigenvalue weighted by Crippen LogP contribution is 2.13. The Bertz CT molecular complexity index is 225. The van der Waals surface area contributed by atoms with Gasteiger partial charge in [-0.1, -0.05) is 0 Å². The Morgan fingerprint density at radius 2 is 1.07 bits per heavy atom. The minimum Gasteiger partial charge on any atom is -0.508 e. The van der Waals surface area contributed by atoms with Gasteiger partial charge in [-0.25, -0.2) is 0 Å². The van der Waals surface area contributed by atoms with Gasteiger partial charge in [0.05, 0.1) is 12.2 Å². The van der Waals surface area contributed by atoms with Gasteiger partial charge in [0, 0.05) is 0 Å². The molecule has 0 amide bonds. The Hall–Kier alpha value is -1.22. The summed E-state index contributed by atoms with van der Waals surface area (Å²) in [5, 5.41) is 17.3. The van der Waals surface area contributed by atoms with E-state index in [1.54, 1.807) is 0 Å². The van der Waals surface area contributed by atoms with Crippen LogP contribution in [0.15, 0.2) is 24.3 Å². The number of ether oxygens (including phenoxy) is 1. The van der Waals surface area contributed by atoms with E-state index in [9.17, 15) is 0 Å². The van der Waals surface area contributed by atoms with Crippen molar-refractivity contribution >= 4 is 0 Å². The minimum atomic E-state index is 0.169. The molecular weight excluding hydrogens is 192 g/mol. The van der Waals surface area contributed by atoms with Crippen LogP contribution in [0.2, 0.25) is 0 Å². The average molecular weight is 212 g/mol. The first kappa shape index (κ1) is 13.8. The number of hydrogen-bond acceptors (Lipinski definition) is 3. The quantitative estimate of drug-likeness (QED) is 0.741. The van der Waals surface area contributed by atoms with Crippen molar-refractivity contribution in [1.29, 1.82) is 0 Å².